The fraction of sp³-hybridized carbons (Fsp3) is 0.923. The number of carbonyl (C=O) groups is 1. The number of hydrogen-bond acceptors (Lipinski definition) is 2. The minimum absolute atomic E-state index is 0.0104. The van der Waals surface area contributed by atoms with Crippen LogP contribution in [0.3, 0.4) is 0 Å². The molecule has 4 heteroatoms. The van der Waals surface area contributed by atoms with Crippen LogP contribution in [0.5, 0.6) is 0 Å². The lowest BCUT2D eigenvalue weighted by Crippen LogP contribution is -2.47. The summed E-state index contributed by atoms with van der Waals surface area (Å²) in [6.45, 7) is 9.46. The number of carbonyl (C=O) groups excluding carboxylic acids is 1. The molecule has 0 spiro atoms. The number of amides is 2. The standard InChI is InChI=1S/C13H27N3O/c1-13(2,3)7-8-14-12(17)15-11-5-9-16(4)10-6-11/h11H,5-10H2,1-4H3,(H2,14,15,17). The molecule has 0 aromatic rings. The van der Waals surface area contributed by atoms with Gasteiger partial charge in [-0.1, -0.05) is 20.8 Å². The summed E-state index contributed by atoms with van der Waals surface area (Å²) in [7, 11) is 2.12. The lowest BCUT2D eigenvalue weighted by molar-refractivity contribution is 0.213. The van der Waals surface area contributed by atoms with Crippen molar-refractivity contribution in [2.24, 2.45) is 5.41 Å². The van der Waals surface area contributed by atoms with Gasteiger partial charge in [-0.25, -0.2) is 4.79 Å². The maximum atomic E-state index is 11.6. The Bertz CT molecular complexity index is 240. The molecule has 0 unspecified atom stereocenters. The van der Waals surface area contributed by atoms with E-state index in [1.807, 2.05) is 0 Å². The molecule has 17 heavy (non-hydrogen) atoms. The van der Waals surface area contributed by atoms with Gasteiger partial charge in [-0.2, -0.15) is 0 Å². The van der Waals surface area contributed by atoms with E-state index in [9.17, 15) is 4.79 Å². The van der Waals surface area contributed by atoms with Crippen molar-refractivity contribution in [2.45, 2.75) is 46.1 Å². The highest BCUT2D eigenvalue weighted by atomic mass is 16.2. The number of piperidine rings is 1. The van der Waals surface area contributed by atoms with Crippen LogP contribution in [0.1, 0.15) is 40.0 Å². The molecule has 2 N–H and O–H groups in total. The van der Waals surface area contributed by atoms with Gasteiger partial charge >= 0.3 is 6.03 Å². The number of urea groups is 1. The molecule has 0 aromatic carbocycles. The molecule has 1 heterocycles. The first-order chi connectivity index (χ1) is 7.87. The summed E-state index contributed by atoms with van der Waals surface area (Å²) in [6, 6.07) is 0.338. The Morgan fingerprint density at radius 1 is 1.29 bits per heavy atom. The monoisotopic (exact) mass is 241 g/mol. The third kappa shape index (κ3) is 6.51. The number of rotatable bonds is 3. The molecule has 1 fully saturated rings. The minimum Gasteiger partial charge on any atom is -0.338 e. The predicted molar refractivity (Wildman–Crippen MR) is 71.1 cm³/mol. The molecule has 0 aliphatic carbocycles. The third-order valence-corrected chi connectivity index (χ3v) is 3.21. The highest BCUT2D eigenvalue weighted by Crippen LogP contribution is 2.16. The second-order valence-electron chi connectivity index (χ2n) is 6.29. The molecule has 1 aliphatic rings. The van der Waals surface area contributed by atoms with Gasteiger partial charge < -0.3 is 15.5 Å². The van der Waals surface area contributed by atoms with Gasteiger partial charge in [-0.05, 0) is 44.8 Å². The summed E-state index contributed by atoms with van der Waals surface area (Å²) in [6.07, 6.45) is 3.13. The van der Waals surface area contributed by atoms with Gasteiger partial charge in [0.2, 0.25) is 0 Å². The molecular formula is C13H27N3O. The summed E-state index contributed by atoms with van der Waals surface area (Å²) in [5, 5.41) is 5.98. The van der Waals surface area contributed by atoms with Gasteiger partial charge in [0.15, 0.2) is 0 Å². The van der Waals surface area contributed by atoms with Crippen molar-refractivity contribution in [2.75, 3.05) is 26.7 Å². The summed E-state index contributed by atoms with van der Waals surface area (Å²) in [4.78, 5) is 13.9. The molecule has 0 bridgehead atoms. The van der Waals surface area contributed by atoms with E-state index < -0.39 is 0 Å². The predicted octanol–water partition coefficient (Wildman–Crippen LogP) is 1.82. The zero-order valence-electron chi connectivity index (χ0n) is 11.7. The van der Waals surface area contributed by atoms with Gasteiger partial charge in [0.05, 0.1) is 0 Å². The Morgan fingerprint density at radius 3 is 2.41 bits per heavy atom. The van der Waals surface area contributed by atoms with Crippen molar-refractivity contribution in [3.63, 3.8) is 0 Å². The summed E-state index contributed by atoms with van der Waals surface area (Å²) in [5.41, 5.74) is 0.279. The first-order valence-corrected chi connectivity index (χ1v) is 6.60. The molecule has 0 saturated carbocycles. The molecule has 0 aromatic heterocycles. The lowest BCUT2D eigenvalue weighted by Gasteiger charge is -2.29. The van der Waals surface area contributed by atoms with E-state index in [1.54, 1.807) is 0 Å². The summed E-state index contributed by atoms with van der Waals surface area (Å²) >= 11 is 0. The van der Waals surface area contributed by atoms with E-state index in [0.717, 1.165) is 38.9 Å². The maximum absolute atomic E-state index is 11.6. The molecule has 0 atom stereocenters. The van der Waals surface area contributed by atoms with Crippen LogP contribution in [0, 0.1) is 5.41 Å². The smallest absolute Gasteiger partial charge is 0.315 e. The SMILES string of the molecule is CN1CCC(NC(=O)NCCC(C)(C)C)CC1. The fourth-order valence-corrected chi connectivity index (χ4v) is 1.94. The number of likely N-dealkylation sites (tertiary alicyclic amines) is 1. The van der Waals surface area contributed by atoms with Gasteiger partial charge in [-0.3, -0.25) is 0 Å². The van der Waals surface area contributed by atoms with Crippen LogP contribution in [-0.2, 0) is 0 Å². The van der Waals surface area contributed by atoms with Crippen molar-refractivity contribution in [1.29, 1.82) is 0 Å². The number of hydrogen-bond donors (Lipinski definition) is 2. The van der Waals surface area contributed by atoms with Crippen LogP contribution in [0.25, 0.3) is 0 Å². The van der Waals surface area contributed by atoms with Gasteiger partial charge in [-0.15, -0.1) is 0 Å². The summed E-state index contributed by atoms with van der Waals surface area (Å²) < 4.78 is 0. The molecule has 1 rings (SSSR count). The minimum atomic E-state index is -0.0104. The first-order valence-electron chi connectivity index (χ1n) is 6.60. The van der Waals surface area contributed by atoms with Crippen molar-refractivity contribution in [1.82, 2.24) is 15.5 Å². The highest BCUT2D eigenvalue weighted by molar-refractivity contribution is 5.74. The van der Waals surface area contributed by atoms with Crippen molar-refractivity contribution in [3.8, 4) is 0 Å². The van der Waals surface area contributed by atoms with Gasteiger partial charge in [0.1, 0.15) is 0 Å². The largest absolute Gasteiger partial charge is 0.338 e. The Hall–Kier alpha value is -0.770. The molecule has 0 radical (unpaired) electrons. The molecule has 2 amide bonds. The van der Waals surface area contributed by atoms with Crippen LogP contribution in [0.4, 0.5) is 4.79 Å². The zero-order chi connectivity index (χ0) is 12.9. The Labute approximate surface area is 105 Å². The second kappa shape index (κ2) is 6.24. The number of nitrogens with one attached hydrogen (secondary N) is 2. The van der Waals surface area contributed by atoms with Gasteiger partial charge in [0, 0.05) is 12.6 Å². The Balaban J connectivity index is 2.13. The van der Waals surface area contributed by atoms with Crippen molar-refractivity contribution in [3.05, 3.63) is 0 Å². The molecule has 1 saturated heterocycles. The van der Waals surface area contributed by atoms with E-state index >= 15 is 0 Å². The van der Waals surface area contributed by atoms with Crippen LogP contribution in [-0.4, -0.2) is 43.7 Å². The quantitative estimate of drug-likeness (QED) is 0.791. The lowest BCUT2D eigenvalue weighted by atomic mass is 9.92. The van der Waals surface area contributed by atoms with E-state index in [0.29, 0.717) is 6.04 Å². The Kier molecular flexibility index (Phi) is 5.25. The fourth-order valence-electron chi connectivity index (χ4n) is 1.94. The molecule has 4 nitrogen and oxygen atoms in total. The van der Waals surface area contributed by atoms with Gasteiger partial charge in [0.25, 0.3) is 0 Å². The topological polar surface area (TPSA) is 44.4 Å². The first kappa shape index (κ1) is 14.3. The van der Waals surface area contributed by atoms with Crippen molar-refractivity contribution < 1.29 is 4.79 Å². The van der Waals surface area contributed by atoms with Crippen LogP contribution >= 0.6 is 0 Å². The molecule has 100 valence electrons. The summed E-state index contributed by atoms with van der Waals surface area (Å²) in [5.74, 6) is 0. The normalized spacial score (nSPS) is 19.1. The van der Waals surface area contributed by atoms with Crippen LogP contribution in [0.15, 0.2) is 0 Å². The average molecular weight is 241 g/mol. The van der Waals surface area contributed by atoms with Crippen molar-refractivity contribution >= 4 is 6.03 Å². The Morgan fingerprint density at radius 2 is 1.88 bits per heavy atom. The zero-order valence-corrected chi connectivity index (χ0v) is 11.7. The van der Waals surface area contributed by atoms with Crippen LogP contribution in [0.2, 0.25) is 0 Å². The molecular weight excluding hydrogens is 214 g/mol. The molecule has 1 aliphatic heterocycles. The van der Waals surface area contributed by atoms with E-state index in [1.165, 1.54) is 0 Å². The van der Waals surface area contributed by atoms with E-state index in [4.69, 9.17) is 0 Å². The average Bonchev–Trinajstić information content (AvgIpc) is 2.19. The van der Waals surface area contributed by atoms with Crippen LogP contribution < -0.4 is 10.6 Å². The van der Waals surface area contributed by atoms with E-state index in [-0.39, 0.29) is 11.4 Å². The second-order valence-corrected chi connectivity index (χ2v) is 6.29. The third-order valence-electron chi connectivity index (χ3n) is 3.21. The highest BCUT2D eigenvalue weighted by Gasteiger charge is 2.18. The van der Waals surface area contributed by atoms with E-state index in [2.05, 4.69) is 43.4 Å². The number of nitrogens with zero attached hydrogens (tertiary/aromatic N) is 1. The maximum Gasteiger partial charge on any atom is 0.315 e.